The van der Waals surface area contributed by atoms with E-state index >= 15 is 0 Å². The van der Waals surface area contributed by atoms with Crippen molar-refractivity contribution in [2.24, 2.45) is 0 Å². The molecule has 0 rings (SSSR count). The number of nitrogens with one attached hydrogen (secondary N) is 1. The topological polar surface area (TPSA) is 67.9 Å². The van der Waals surface area contributed by atoms with E-state index < -0.39 is 17.3 Å². The fraction of sp³-hybridized carbons (Fsp3) is 0.800. The highest BCUT2D eigenvalue weighted by atomic mass is 35.5. The highest BCUT2D eigenvalue weighted by molar-refractivity contribution is 6.31. The Morgan fingerprint density at radius 3 is 2.06 bits per heavy atom. The quantitative estimate of drug-likeness (QED) is 0.679. The van der Waals surface area contributed by atoms with Crippen LogP contribution in [0.15, 0.2) is 0 Å². The number of ether oxygens (including phenoxy) is 2. The first-order valence-corrected chi connectivity index (χ1v) is 5.68. The predicted molar refractivity (Wildman–Crippen MR) is 64.2 cm³/mol. The first kappa shape index (κ1) is 16.1. The Labute approximate surface area is 106 Å². The number of carbonyl (C=O) groups excluding carboxylic acids is 2. The molecule has 7 heteroatoms. The Balaban J connectivity index is 4.25. The summed E-state index contributed by atoms with van der Waals surface area (Å²) < 4.78 is 9.76. The maximum absolute atomic E-state index is 11.7. The molecule has 0 aromatic rings. The maximum atomic E-state index is 11.7. The molecule has 100 valence electrons. The van der Waals surface area contributed by atoms with E-state index in [4.69, 9.17) is 21.1 Å². The Bertz CT molecular complexity index is 240. The number of rotatable bonds is 7. The minimum absolute atomic E-state index is 0.385. The number of hydrogen-bond acceptors (Lipinski definition) is 4. The molecule has 0 heterocycles. The summed E-state index contributed by atoms with van der Waals surface area (Å²) in [6.07, 6.45) is 0. The molecule has 3 amide bonds. The Morgan fingerprint density at radius 2 is 1.71 bits per heavy atom. The molecule has 0 bridgehead atoms. The van der Waals surface area contributed by atoms with Crippen LogP contribution in [0.4, 0.5) is 4.79 Å². The summed E-state index contributed by atoms with van der Waals surface area (Å²) in [4.78, 5) is 24.4. The Morgan fingerprint density at radius 1 is 1.24 bits per heavy atom. The largest absolute Gasteiger partial charge is 0.383 e. The summed E-state index contributed by atoms with van der Waals surface area (Å²) in [6, 6.07) is -0.489. The van der Waals surface area contributed by atoms with E-state index in [1.807, 2.05) is 0 Å². The normalized spacial score (nSPS) is 12.0. The summed E-state index contributed by atoms with van der Waals surface area (Å²) >= 11 is 5.55. The van der Waals surface area contributed by atoms with E-state index in [9.17, 15) is 9.59 Å². The van der Waals surface area contributed by atoms with Crippen molar-refractivity contribution in [3.05, 3.63) is 0 Å². The average Bonchev–Trinajstić information content (AvgIpc) is 2.28. The number of urea groups is 1. The van der Waals surface area contributed by atoms with Crippen molar-refractivity contribution in [1.29, 1.82) is 0 Å². The minimum atomic E-state index is -0.745. The van der Waals surface area contributed by atoms with Crippen LogP contribution in [0.25, 0.3) is 0 Å². The molecular formula is C10H19ClN2O4. The number of nitrogens with zero attached hydrogens (tertiary/aromatic N) is 1. The van der Waals surface area contributed by atoms with Gasteiger partial charge in [-0.3, -0.25) is 10.1 Å². The molecule has 1 unspecified atom stereocenters. The summed E-state index contributed by atoms with van der Waals surface area (Å²) in [5.41, 5.74) is 0. The second-order valence-corrected chi connectivity index (χ2v) is 4.04. The van der Waals surface area contributed by atoms with Crippen molar-refractivity contribution in [3.63, 3.8) is 0 Å². The van der Waals surface area contributed by atoms with Gasteiger partial charge >= 0.3 is 6.03 Å². The zero-order chi connectivity index (χ0) is 13.3. The Kier molecular flexibility index (Phi) is 8.75. The summed E-state index contributed by atoms with van der Waals surface area (Å²) in [6.45, 7) is 3.05. The monoisotopic (exact) mass is 266 g/mol. The third-order valence-corrected chi connectivity index (χ3v) is 2.21. The molecule has 0 fully saturated rings. The van der Waals surface area contributed by atoms with Crippen LogP contribution in [0.1, 0.15) is 6.92 Å². The molecule has 0 radical (unpaired) electrons. The zero-order valence-corrected chi connectivity index (χ0v) is 11.1. The lowest BCUT2D eigenvalue weighted by molar-refractivity contribution is -0.119. The average molecular weight is 267 g/mol. The minimum Gasteiger partial charge on any atom is -0.383 e. The van der Waals surface area contributed by atoms with Crippen molar-refractivity contribution in [1.82, 2.24) is 10.2 Å². The van der Waals surface area contributed by atoms with E-state index in [0.29, 0.717) is 26.3 Å². The number of methoxy groups -OCH3 is 2. The zero-order valence-electron chi connectivity index (χ0n) is 10.4. The van der Waals surface area contributed by atoms with Crippen LogP contribution in [0, 0.1) is 0 Å². The molecule has 0 aliphatic rings. The lowest BCUT2D eigenvalue weighted by Gasteiger charge is -2.22. The molecule has 0 saturated carbocycles. The fourth-order valence-electron chi connectivity index (χ4n) is 1.00. The van der Waals surface area contributed by atoms with Crippen LogP contribution in [0.2, 0.25) is 0 Å². The summed E-state index contributed by atoms with van der Waals surface area (Å²) in [5.74, 6) is -0.517. The van der Waals surface area contributed by atoms with Crippen molar-refractivity contribution in [3.8, 4) is 0 Å². The van der Waals surface area contributed by atoms with Crippen molar-refractivity contribution in [2.75, 3.05) is 40.5 Å². The van der Waals surface area contributed by atoms with Gasteiger partial charge in [-0.1, -0.05) is 0 Å². The number of halogens is 1. The lowest BCUT2D eigenvalue weighted by atomic mass is 10.4. The molecule has 0 aromatic heterocycles. The van der Waals surface area contributed by atoms with Crippen molar-refractivity contribution < 1.29 is 19.1 Å². The number of hydrogen-bond donors (Lipinski definition) is 1. The van der Waals surface area contributed by atoms with Crippen molar-refractivity contribution in [2.45, 2.75) is 12.3 Å². The molecule has 0 saturated heterocycles. The molecule has 0 aliphatic carbocycles. The SMILES string of the molecule is COCCN(CCOC)C(=O)NC(=O)C(C)Cl. The fourth-order valence-corrected chi connectivity index (χ4v) is 1.06. The molecule has 6 nitrogen and oxygen atoms in total. The summed E-state index contributed by atoms with van der Waals surface area (Å²) in [7, 11) is 3.08. The molecule has 0 aliphatic heterocycles. The van der Waals surface area contributed by atoms with Gasteiger partial charge in [-0.15, -0.1) is 11.6 Å². The first-order chi connectivity index (χ1) is 8.02. The van der Waals surface area contributed by atoms with E-state index in [1.54, 1.807) is 14.2 Å². The van der Waals surface area contributed by atoms with Gasteiger partial charge in [0, 0.05) is 27.3 Å². The summed E-state index contributed by atoms with van der Waals surface area (Å²) in [5, 5.41) is 1.46. The molecule has 17 heavy (non-hydrogen) atoms. The van der Waals surface area contributed by atoms with Crippen LogP contribution in [-0.4, -0.2) is 62.7 Å². The lowest BCUT2D eigenvalue weighted by Crippen LogP contribution is -2.47. The van der Waals surface area contributed by atoms with E-state index in [0.717, 1.165) is 0 Å². The van der Waals surface area contributed by atoms with Gasteiger partial charge < -0.3 is 14.4 Å². The van der Waals surface area contributed by atoms with Gasteiger partial charge in [-0.25, -0.2) is 4.79 Å². The second-order valence-electron chi connectivity index (χ2n) is 3.38. The van der Waals surface area contributed by atoms with E-state index in [2.05, 4.69) is 5.32 Å². The highest BCUT2D eigenvalue weighted by Crippen LogP contribution is 1.95. The maximum Gasteiger partial charge on any atom is 0.324 e. The molecule has 1 atom stereocenters. The van der Waals surface area contributed by atoms with Gasteiger partial charge in [0.1, 0.15) is 5.38 Å². The van der Waals surface area contributed by atoms with Crippen LogP contribution in [0.5, 0.6) is 0 Å². The van der Waals surface area contributed by atoms with Gasteiger partial charge in [0.2, 0.25) is 5.91 Å². The third kappa shape index (κ3) is 7.14. The van der Waals surface area contributed by atoms with Gasteiger partial charge in [0.05, 0.1) is 13.2 Å². The van der Waals surface area contributed by atoms with Gasteiger partial charge in [0.25, 0.3) is 0 Å². The Hall–Kier alpha value is -0.850. The second kappa shape index (κ2) is 9.21. The van der Waals surface area contributed by atoms with Crippen LogP contribution in [0.3, 0.4) is 0 Å². The number of imide groups is 1. The number of amides is 3. The van der Waals surface area contributed by atoms with Crippen LogP contribution < -0.4 is 5.32 Å². The van der Waals surface area contributed by atoms with Crippen LogP contribution in [-0.2, 0) is 14.3 Å². The highest BCUT2D eigenvalue weighted by Gasteiger charge is 2.18. The molecular weight excluding hydrogens is 248 g/mol. The van der Waals surface area contributed by atoms with Gasteiger partial charge in [0.15, 0.2) is 0 Å². The molecule has 0 spiro atoms. The van der Waals surface area contributed by atoms with E-state index in [-0.39, 0.29) is 0 Å². The van der Waals surface area contributed by atoms with E-state index in [1.165, 1.54) is 11.8 Å². The van der Waals surface area contributed by atoms with Gasteiger partial charge in [-0.2, -0.15) is 0 Å². The third-order valence-electron chi connectivity index (χ3n) is 2.01. The predicted octanol–water partition coefficient (Wildman–Crippen LogP) is 0.445. The molecule has 0 aromatic carbocycles. The van der Waals surface area contributed by atoms with Gasteiger partial charge in [-0.05, 0) is 6.92 Å². The standard InChI is InChI=1S/C10H19ClN2O4/c1-8(11)9(14)12-10(15)13(4-6-16-2)5-7-17-3/h8H,4-7H2,1-3H3,(H,12,14,15). The van der Waals surface area contributed by atoms with Crippen LogP contribution >= 0.6 is 11.6 Å². The first-order valence-electron chi connectivity index (χ1n) is 5.24. The number of alkyl halides is 1. The molecule has 1 N–H and O–H groups in total. The number of carbonyl (C=O) groups is 2. The van der Waals surface area contributed by atoms with Crippen molar-refractivity contribution >= 4 is 23.5 Å². The smallest absolute Gasteiger partial charge is 0.324 e.